The van der Waals surface area contributed by atoms with Crippen molar-refractivity contribution in [3.05, 3.63) is 187 Å². The van der Waals surface area contributed by atoms with Crippen LogP contribution in [0.3, 0.4) is 0 Å². The van der Waals surface area contributed by atoms with Gasteiger partial charge in [0.2, 0.25) is 0 Å². The highest BCUT2D eigenvalue weighted by Crippen LogP contribution is 2.56. The number of benzene rings is 5. The normalized spacial score (nSPS) is 13.2. The highest BCUT2D eigenvalue weighted by molar-refractivity contribution is 7.95. The van der Waals surface area contributed by atoms with E-state index < -0.39 is 15.6 Å². The van der Waals surface area contributed by atoms with E-state index in [0.717, 1.165) is 18.1 Å². The average molecular weight is 677 g/mol. The SMILES string of the molecule is C/C(=C\c1ccncc1)C(CC[P+](c1ccccc1)(c1ccccc1)c1ccccc1)O[Si](c1ccccc1)(c1ccccc1)C(C)(C)C. The zero-order valence-corrected chi connectivity index (χ0v) is 31.0. The molecule has 0 saturated carbocycles. The van der Waals surface area contributed by atoms with E-state index in [-0.39, 0.29) is 11.1 Å². The Morgan fingerprint density at radius 1 is 0.612 bits per heavy atom. The predicted molar refractivity (Wildman–Crippen MR) is 215 cm³/mol. The third kappa shape index (κ3) is 7.31. The topological polar surface area (TPSA) is 22.1 Å². The van der Waals surface area contributed by atoms with Crippen LogP contribution < -0.4 is 26.3 Å². The summed E-state index contributed by atoms with van der Waals surface area (Å²) >= 11 is 0. The van der Waals surface area contributed by atoms with Crippen LogP contribution in [0.2, 0.25) is 5.04 Å². The third-order valence-electron chi connectivity index (χ3n) is 9.66. The molecule has 4 heteroatoms. The zero-order valence-electron chi connectivity index (χ0n) is 29.1. The van der Waals surface area contributed by atoms with E-state index in [9.17, 15) is 0 Å². The molecule has 1 atom stereocenters. The molecule has 1 aromatic heterocycles. The molecule has 1 unspecified atom stereocenters. The van der Waals surface area contributed by atoms with Gasteiger partial charge in [0, 0.05) is 18.8 Å². The highest BCUT2D eigenvalue weighted by atomic mass is 31.2. The van der Waals surface area contributed by atoms with E-state index in [1.54, 1.807) is 0 Å². The number of pyridine rings is 1. The van der Waals surface area contributed by atoms with Crippen molar-refractivity contribution in [2.24, 2.45) is 0 Å². The zero-order chi connectivity index (χ0) is 34.2. The van der Waals surface area contributed by atoms with Crippen molar-refractivity contribution in [3.8, 4) is 0 Å². The maximum Gasteiger partial charge on any atom is 0.261 e. The Labute approximate surface area is 295 Å². The molecule has 0 N–H and O–H groups in total. The second-order valence-corrected chi connectivity index (χ2v) is 21.6. The first kappa shape index (κ1) is 34.5. The summed E-state index contributed by atoms with van der Waals surface area (Å²) in [6.07, 6.45) is 7.74. The fraction of sp³-hybridized carbons (Fsp3) is 0.178. The van der Waals surface area contributed by atoms with Gasteiger partial charge in [-0.1, -0.05) is 142 Å². The van der Waals surface area contributed by atoms with Crippen LogP contribution in [0.25, 0.3) is 6.08 Å². The van der Waals surface area contributed by atoms with Gasteiger partial charge in [0.15, 0.2) is 0 Å². The maximum atomic E-state index is 7.98. The molecule has 2 nitrogen and oxygen atoms in total. The van der Waals surface area contributed by atoms with E-state index in [2.05, 4.69) is 203 Å². The Bertz CT molecular complexity index is 1770. The van der Waals surface area contributed by atoms with Crippen molar-refractivity contribution in [1.82, 2.24) is 4.98 Å². The fourth-order valence-corrected chi connectivity index (χ4v) is 16.4. The minimum absolute atomic E-state index is 0.130. The number of rotatable bonds is 12. The number of hydrogen-bond donors (Lipinski definition) is 0. The molecule has 0 aliphatic heterocycles. The highest BCUT2D eigenvalue weighted by Gasteiger charge is 2.52. The molecule has 1 heterocycles. The fourth-order valence-electron chi connectivity index (χ4n) is 7.29. The van der Waals surface area contributed by atoms with Crippen LogP contribution in [0.15, 0.2) is 182 Å². The molecular formula is C45H47NOPSi+. The molecule has 0 radical (unpaired) electrons. The lowest BCUT2D eigenvalue weighted by atomic mass is 10.1. The van der Waals surface area contributed by atoms with Crippen molar-refractivity contribution < 1.29 is 4.43 Å². The van der Waals surface area contributed by atoms with Gasteiger partial charge >= 0.3 is 0 Å². The van der Waals surface area contributed by atoms with Gasteiger partial charge in [0.25, 0.3) is 8.32 Å². The van der Waals surface area contributed by atoms with Crippen molar-refractivity contribution in [3.63, 3.8) is 0 Å². The third-order valence-corrected chi connectivity index (χ3v) is 19.2. The first-order valence-electron chi connectivity index (χ1n) is 17.3. The predicted octanol–water partition coefficient (Wildman–Crippen LogP) is 8.81. The van der Waals surface area contributed by atoms with Gasteiger partial charge in [-0.3, -0.25) is 4.98 Å². The van der Waals surface area contributed by atoms with Gasteiger partial charge in [-0.05, 0) is 82.0 Å². The Morgan fingerprint density at radius 3 is 1.39 bits per heavy atom. The molecule has 0 aliphatic rings. The van der Waals surface area contributed by atoms with E-state index in [1.807, 2.05) is 12.4 Å². The smallest absolute Gasteiger partial charge is 0.261 e. The van der Waals surface area contributed by atoms with Crippen LogP contribution in [0, 0.1) is 0 Å². The van der Waals surface area contributed by atoms with Gasteiger partial charge in [-0.15, -0.1) is 0 Å². The van der Waals surface area contributed by atoms with Crippen LogP contribution >= 0.6 is 7.26 Å². The number of hydrogen-bond acceptors (Lipinski definition) is 2. The Balaban J connectivity index is 1.55. The molecule has 5 aromatic carbocycles. The maximum absolute atomic E-state index is 7.98. The van der Waals surface area contributed by atoms with Crippen LogP contribution in [-0.2, 0) is 4.43 Å². The van der Waals surface area contributed by atoms with E-state index in [1.165, 1.54) is 31.9 Å². The van der Waals surface area contributed by atoms with E-state index in [4.69, 9.17) is 4.43 Å². The molecule has 6 aromatic rings. The molecule has 49 heavy (non-hydrogen) atoms. The van der Waals surface area contributed by atoms with E-state index >= 15 is 0 Å². The second kappa shape index (κ2) is 15.4. The average Bonchev–Trinajstić information content (AvgIpc) is 3.15. The molecular weight excluding hydrogens is 630 g/mol. The Kier molecular flexibility index (Phi) is 10.9. The number of nitrogens with zero attached hydrogens (tertiary/aromatic N) is 1. The lowest BCUT2D eigenvalue weighted by Crippen LogP contribution is -2.67. The van der Waals surface area contributed by atoms with E-state index in [0.29, 0.717) is 0 Å². The van der Waals surface area contributed by atoms with Crippen molar-refractivity contribution in [2.45, 2.75) is 45.3 Å². The second-order valence-electron chi connectivity index (χ2n) is 13.8. The summed E-state index contributed by atoms with van der Waals surface area (Å²) in [4.78, 5) is 4.29. The Morgan fingerprint density at radius 2 is 1.00 bits per heavy atom. The van der Waals surface area contributed by atoms with Gasteiger partial charge in [0.1, 0.15) is 23.2 Å². The molecule has 0 bridgehead atoms. The Hall–Kier alpha value is -4.40. The molecule has 0 fully saturated rings. The minimum Gasteiger partial charge on any atom is -0.401 e. The molecule has 0 saturated heterocycles. The molecule has 6 rings (SSSR count). The van der Waals surface area contributed by atoms with Gasteiger partial charge < -0.3 is 4.43 Å². The van der Waals surface area contributed by atoms with Gasteiger partial charge in [-0.2, -0.15) is 0 Å². The number of aromatic nitrogens is 1. The van der Waals surface area contributed by atoms with Crippen molar-refractivity contribution >= 4 is 47.9 Å². The summed E-state index contributed by atoms with van der Waals surface area (Å²) in [6.45, 7) is 9.37. The summed E-state index contributed by atoms with van der Waals surface area (Å²) < 4.78 is 7.98. The van der Waals surface area contributed by atoms with Crippen LogP contribution in [-0.4, -0.2) is 25.6 Å². The van der Waals surface area contributed by atoms with Crippen LogP contribution in [0.1, 0.15) is 39.7 Å². The largest absolute Gasteiger partial charge is 0.401 e. The van der Waals surface area contributed by atoms with Crippen LogP contribution in [0.4, 0.5) is 0 Å². The first-order chi connectivity index (χ1) is 23.8. The summed E-state index contributed by atoms with van der Waals surface area (Å²) in [7, 11) is -4.95. The van der Waals surface area contributed by atoms with Crippen LogP contribution in [0.5, 0.6) is 0 Å². The van der Waals surface area contributed by atoms with Crippen molar-refractivity contribution in [1.29, 1.82) is 0 Å². The minimum atomic E-state index is -2.87. The quantitative estimate of drug-likeness (QED) is 0.0955. The molecule has 246 valence electrons. The molecule has 0 amide bonds. The monoisotopic (exact) mass is 676 g/mol. The molecule has 0 spiro atoms. The standard InChI is InChI=1S/C45H47NOPSi/c1-37(36-38-30-33-46-34-31-38)44(47-49(45(2,3)4,42-26-16-8-17-27-42)43-28-18-9-19-29-43)32-35-48(39-20-10-5-11-21-39,40-22-12-6-13-23-40)41-24-14-7-15-25-41/h5-31,33-34,36,44H,32,35H2,1-4H3/q+1/b37-36+. The summed E-state index contributed by atoms with van der Waals surface area (Å²) in [6, 6.07) is 59.8. The first-order valence-corrected chi connectivity index (χ1v) is 21.1. The summed E-state index contributed by atoms with van der Waals surface area (Å²) in [5.74, 6) is 0. The van der Waals surface area contributed by atoms with Gasteiger partial charge in [-0.25, -0.2) is 0 Å². The van der Waals surface area contributed by atoms with Gasteiger partial charge in [0.05, 0.1) is 12.3 Å². The summed E-state index contributed by atoms with van der Waals surface area (Å²) in [5.41, 5.74) is 2.37. The summed E-state index contributed by atoms with van der Waals surface area (Å²) in [5, 5.41) is 6.64. The molecule has 0 aliphatic carbocycles. The lowest BCUT2D eigenvalue weighted by Gasteiger charge is -2.45. The van der Waals surface area contributed by atoms with Crippen molar-refractivity contribution in [2.75, 3.05) is 6.16 Å². The lowest BCUT2D eigenvalue weighted by molar-refractivity contribution is 0.219.